The zero-order valence-corrected chi connectivity index (χ0v) is 11.0. The molecule has 90 valence electrons. The molecular weight excluding hydrogens is 261 g/mol. The van der Waals surface area contributed by atoms with E-state index in [4.69, 9.17) is 27.9 Å². The zero-order chi connectivity index (χ0) is 12.4. The van der Waals surface area contributed by atoms with E-state index in [0.29, 0.717) is 34.5 Å². The quantitative estimate of drug-likeness (QED) is 0.635. The topological polar surface area (TPSA) is 47.9 Å². The number of fused-ring (bicyclic) bond motifs is 1. The summed E-state index contributed by atoms with van der Waals surface area (Å²) >= 11 is 11.6. The van der Waals surface area contributed by atoms with Crippen molar-refractivity contribution < 1.29 is 4.74 Å². The van der Waals surface area contributed by atoms with E-state index in [-0.39, 0.29) is 5.28 Å². The Morgan fingerprint density at radius 2 is 2.06 bits per heavy atom. The minimum atomic E-state index is 0.138. The number of rotatable bonds is 3. The maximum absolute atomic E-state index is 5.83. The van der Waals surface area contributed by atoms with Gasteiger partial charge in [0.2, 0.25) is 11.2 Å². The number of pyridine rings is 1. The summed E-state index contributed by atoms with van der Waals surface area (Å²) < 4.78 is 5.58. The number of halogens is 2. The third-order valence-electron chi connectivity index (χ3n) is 2.04. The van der Waals surface area contributed by atoms with E-state index in [1.165, 1.54) is 0 Å². The molecule has 0 aliphatic rings. The molecule has 4 nitrogen and oxygen atoms in total. The first-order valence-corrected chi connectivity index (χ1v) is 5.93. The molecule has 0 aliphatic carbocycles. The Labute approximate surface area is 109 Å². The van der Waals surface area contributed by atoms with Crippen molar-refractivity contribution >= 4 is 34.1 Å². The maximum Gasteiger partial charge on any atom is 0.227 e. The van der Waals surface area contributed by atoms with Gasteiger partial charge in [-0.15, -0.1) is 0 Å². The van der Waals surface area contributed by atoms with Crippen molar-refractivity contribution in [3.63, 3.8) is 0 Å². The number of aromatic nitrogens is 3. The Kier molecular flexibility index (Phi) is 3.64. The van der Waals surface area contributed by atoms with Crippen LogP contribution in [0.15, 0.2) is 12.3 Å². The van der Waals surface area contributed by atoms with Crippen molar-refractivity contribution in [2.45, 2.75) is 13.8 Å². The van der Waals surface area contributed by atoms with Gasteiger partial charge in [-0.2, -0.15) is 4.98 Å². The van der Waals surface area contributed by atoms with Crippen LogP contribution in [-0.4, -0.2) is 21.6 Å². The summed E-state index contributed by atoms with van der Waals surface area (Å²) in [7, 11) is 0. The molecule has 0 bridgehead atoms. The van der Waals surface area contributed by atoms with Gasteiger partial charge in [0, 0.05) is 12.3 Å². The summed E-state index contributed by atoms with van der Waals surface area (Å²) in [5.41, 5.74) is 0.628. The molecule has 0 amide bonds. The average molecular weight is 272 g/mol. The lowest BCUT2D eigenvalue weighted by Gasteiger charge is -2.09. The van der Waals surface area contributed by atoms with E-state index in [2.05, 4.69) is 28.8 Å². The van der Waals surface area contributed by atoms with E-state index in [1.54, 1.807) is 12.3 Å². The zero-order valence-electron chi connectivity index (χ0n) is 9.44. The molecule has 0 spiro atoms. The summed E-state index contributed by atoms with van der Waals surface area (Å²) in [6.45, 7) is 4.67. The molecule has 0 saturated heterocycles. The highest BCUT2D eigenvalue weighted by molar-refractivity contribution is 6.30. The normalized spacial score (nSPS) is 11.1. The molecule has 2 heterocycles. The smallest absolute Gasteiger partial charge is 0.227 e. The molecule has 2 rings (SSSR count). The fraction of sp³-hybridized carbons (Fsp3) is 0.364. The van der Waals surface area contributed by atoms with Crippen LogP contribution in [-0.2, 0) is 0 Å². The van der Waals surface area contributed by atoms with Crippen LogP contribution in [0.5, 0.6) is 5.88 Å². The van der Waals surface area contributed by atoms with Gasteiger partial charge in [0.1, 0.15) is 5.15 Å². The molecule has 0 N–H and O–H groups in total. The van der Waals surface area contributed by atoms with E-state index >= 15 is 0 Å². The molecule has 0 unspecified atom stereocenters. The SMILES string of the molecule is CC(C)COc1nc(Cl)nc2cc(Cl)ncc12. The number of hydrogen-bond acceptors (Lipinski definition) is 4. The van der Waals surface area contributed by atoms with Crippen LogP contribution in [0.4, 0.5) is 0 Å². The number of ether oxygens (including phenoxy) is 1. The van der Waals surface area contributed by atoms with Crippen LogP contribution >= 0.6 is 23.2 Å². The van der Waals surface area contributed by atoms with Crippen LogP contribution in [0.25, 0.3) is 10.9 Å². The van der Waals surface area contributed by atoms with Crippen LogP contribution in [0, 0.1) is 5.92 Å². The molecule has 17 heavy (non-hydrogen) atoms. The molecule has 2 aromatic rings. The Morgan fingerprint density at radius 3 is 2.76 bits per heavy atom. The molecule has 0 aliphatic heterocycles. The van der Waals surface area contributed by atoms with Gasteiger partial charge in [-0.25, -0.2) is 9.97 Å². The monoisotopic (exact) mass is 271 g/mol. The minimum absolute atomic E-state index is 0.138. The Balaban J connectivity index is 2.46. The lowest BCUT2D eigenvalue weighted by Crippen LogP contribution is -2.06. The van der Waals surface area contributed by atoms with Crippen LogP contribution in [0.1, 0.15) is 13.8 Å². The summed E-state index contributed by atoms with van der Waals surface area (Å²) in [5.74, 6) is 0.844. The Bertz CT molecular complexity index is 540. The molecule has 0 fully saturated rings. The molecule has 6 heteroatoms. The van der Waals surface area contributed by atoms with Crippen molar-refractivity contribution in [1.29, 1.82) is 0 Å². The third-order valence-corrected chi connectivity index (χ3v) is 2.41. The van der Waals surface area contributed by atoms with Crippen molar-refractivity contribution in [3.8, 4) is 5.88 Å². The van der Waals surface area contributed by atoms with Gasteiger partial charge in [-0.05, 0) is 17.5 Å². The van der Waals surface area contributed by atoms with Crippen LogP contribution < -0.4 is 4.74 Å². The van der Waals surface area contributed by atoms with E-state index in [1.807, 2.05) is 0 Å². The van der Waals surface area contributed by atoms with Gasteiger partial charge in [-0.3, -0.25) is 0 Å². The maximum atomic E-state index is 5.83. The Hall–Kier alpha value is -1.13. The average Bonchev–Trinajstić information content (AvgIpc) is 2.24. The van der Waals surface area contributed by atoms with Crippen molar-refractivity contribution in [3.05, 3.63) is 22.7 Å². The number of hydrogen-bond donors (Lipinski definition) is 0. The standard InChI is InChI=1S/C11H11Cl2N3O/c1-6(2)5-17-10-7-4-14-9(12)3-8(7)15-11(13)16-10/h3-4,6H,5H2,1-2H3. The summed E-state index contributed by atoms with van der Waals surface area (Å²) in [4.78, 5) is 12.1. The largest absolute Gasteiger partial charge is 0.477 e. The lowest BCUT2D eigenvalue weighted by atomic mass is 10.2. The van der Waals surface area contributed by atoms with Gasteiger partial charge in [0.15, 0.2) is 0 Å². The summed E-state index contributed by atoms with van der Waals surface area (Å²) in [6.07, 6.45) is 1.59. The van der Waals surface area contributed by atoms with Crippen molar-refractivity contribution in [1.82, 2.24) is 15.0 Å². The first-order chi connectivity index (χ1) is 8.06. The molecule has 0 aromatic carbocycles. The van der Waals surface area contributed by atoms with Gasteiger partial charge in [0.25, 0.3) is 0 Å². The number of nitrogens with zero attached hydrogens (tertiary/aromatic N) is 3. The van der Waals surface area contributed by atoms with Gasteiger partial charge in [0.05, 0.1) is 17.5 Å². The second-order valence-electron chi connectivity index (χ2n) is 4.03. The highest BCUT2D eigenvalue weighted by Gasteiger charge is 2.09. The summed E-state index contributed by atoms with van der Waals surface area (Å²) in [5, 5.41) is 1.21. The highest BCUT2D eigenvalue weighted by Crippen LogP contribution is 2.25. The second-order valence-corrected chi connectivity index (χ2v) is 4.75. The molecule has 2 aromatic heterocycles. The van der Waals surface area contributed by atoms with E-state index < -0.39 is 0 Å². The third kappa shape index (κ3) is 2.96. The van der Waals surface area contributed by atoms with Gasteiger partial charge in [-0.1, -0.05) is 25.4 Å². The predicted molar refractivity (Wildman–Crippen MR) is 67.7 cm³/mol. The van der Waals surface area contributed by atoms with Crippen molar-refractivity contribution in [2.75, 3.05) is 6.61 Å². The minimum Gasteiger partial charge on any atom is -0.477 e. The van der Waals surface area contributed by atoms with Crippen LogP contribution in [0.3, 0.4) is 0 Å². The predicted octanol–water partition coefficient (Wildman–Crippen LogP) is 3.37. The molecule has 0 atom stereocenters. The fourth-order valence-corrected chi connectivity index (χ4v) is 1.62. The molecule has 0 saturated carbocycles. The fourth-order valence-electron chi connectivity index (χ4n) is 1.30. The first kappa shape index (κ1) is 12.3. The first-order valence-electron chi connectivity index (χ1n) is 5.18. The highest BCUT2D eigenvalue weighted by atomic mass is 35.5. The van der Waals surface area contributed by atoms with Crippen LogP contribution in [0.2, 0.25) is 10.4 Å². The summed E-state index contributed by atoms with van der Waals surface area (Å²) in [6, 6.07) is 1.63. The van der Waals surface area contributed by atoms with Gasteiger partial charge < -0.3 is 4.74 Å². The second kappa shape index (κ2) is 5.02. The Morgan fingerprint density at radius 1 is 1.29 bits per heavy atom. The van der Waals surface area contributed by atoms with Gasteiger partial charge >= 0.3 is 0 Å². The van der Waals surface area contributed by atoms with E-state index in [0.717, 1.165) is 0 Å². The van der Waals surface area contributed by atoms with E-state index in [9.17, 15) is 0 Å². The van der Waals surface area contributed by atoms with Crippen molar-refractivity contribution in [2.24, 2.45) is 5.92 Å². The lowest BCUT2D eigenvalue weighted by molar-refractivity contribution is 0.264. The molecular formula is C11H11Cl2N3O. The molecule has 0 radical (unpaired) electrons.